The molecule has 0 unspecified atom stereocenters. The molecule has 0 aliphatic carbocycles. The average Bonchev–Trinajstić information content (AvgIpc) is 2.38. The summed E-state index contributed by atoms with van der Waals surface area (Å²) in [6.45, 7) is 0. The summed E-state index contributed by atoms with van der Waals surface area (Å²) in [5.41, 5.74) is -0.360. The highest BCUT2D eigenvalue weighted by atomic mass is 79.9. The number of nitriles is 1. The van der Waals surface area contributed by atoms with Crippen LogP contribution < -0.4 is 5.32 Å². The summed E-state index contributed by atoms with van der Waals surface area (Å²) >= 11 is 3.19. The molecule has 2 rings (SSSR count). The maximum absolute atomic E-state index is 12.9. The fraction of sp³-hybridized carbons (Fsp3) is 0. The predicted molar refractivity (Wildman–Crippen MR) is 80.0 cm³/mol. The molecule has 0 aromatic heterocycles. The van der Waals surface area contributed by atoms with Gasteiger partial charge in [-0.2, -0.15) is 5.26 Å². The lowest BCUT2D eigenvalue weighted by Gasteiger charge is -2.40. The van der Waals surface area contributed by atoms with Gasteiger partial charge in [0, 0.05) is 15.8 Å². The molecule has 0 bridgehead atoms. The van der Waals surface area contributed by atoms with Crippen LogP contribution in [0, 0.1) is 11.3 Å². The molecular weight excluding hydrogens is 391 g/mol. The van der Waals surface area contributed by atoms with Gasteiger partial charge in [0.05, 0.1) is 11.6 Å². The van der Waals surface area contributed by atoms with E-state index in [0.717, 1.165) is 10.5 Å². The molecule has 9 heteroatoms. The number of benzene rings is 2. The molecular formula is C13H8BrF5N2S. The van der Waals surface area contributed by atoms with Crippen LogP contribution in [0.2, 0.25) is 0 Å². The molecule has 0 fully saturated rings. The Bertz CT molecular complexity index is 766. The standard InChI is InChI=1S/C13H8BrF5N2S/c14-10-1-3-11(4-2-10)21-12-5-9(8-20)6-13(7-12)22(15,16,17,18)19/h1-7,21H. The summed E-state index contributed by atoms with van der Waals surface area (Å²) in [7, 11) is -9.85. The Morgan fingerprint density at radius 1 is 0.909 bits per heavy atom. The molecule has 1 N–H and O–H groups in total. The molecule has 0 amide bonds. The van der Waals surface area contributed by atoms with Gasteiger partial charge < -0.3 is 5.32 Å². The zero-order valence-electron chi connectivity index (χ0n) is 10.7. The van der Waals surface area contributed by atoms with Crippen molar-refractivity contribution in [3.63, 3.8) is 0 Å². The Morgan fingerprint density at radius 3 is 2.00 bits per heavy atom. The van der Waals surface area contributed by atoms with E-state index in [1.54, 1.807) is 24.3 Å². The number of halogens is 6. The minimum Gasteiger partial charge on any atom is -0.355 e. The Balaban J connectivity index is 2.50. The van der Waals surface area contributed by atoms with E-state index in [1.165, 1.54) is 6.07 Å². The first-order chi connectivity index (χ1) is 9.87. The van der Waals surface area contributed by atoms with Gasteiger partial charge in [-0.15, -0.1) is 0 Å². The predicted octanol–water partition coefficient (Wildman–Crippen LogP) is 6.72. The molecule has 0 saturated heterocycles. The lowest BCUT2D eigenvalue weighted by atomic mass is 10.2. The molecule has 0 saturated carbocycles. The van der Waals surface area contributed by atoms with Gasteiger partial charge in [0.25, 0.3) is 0 Å². The van der Waals surface area contributed by atoms with Crippen molar-refractivity contribution < 1.29 is 19.4 Å². The van der Waals surface area contributed by atoms with Crippen molar-refractivity contribution in [3.05, 3.63) is 52.5 Å². The maximum atomic E-state index is 12.9. The summed E-state index contributed by atoms with van der Waals surface area (Å²) in [6.07, 6.45) is 0. The Kier molecular flexibility index (Phi) is 3.47. The van der Waals surface area contributed by atoms with E-state index in [1.807, 2.05) is 0 Å². The molecule has 0 radical (unpaired) electrons. The van der Waals surface area contributed by atoms with Gasteiger partial charge in [-0.3, -0.25) is 0 Å². The summed E-state index contributed by atoms with van der Waals surface area (Å²) in [4.78, 5) is -2.10. The molecule has 2 aromatic carbocycles. The van der Waals surface area contributed by atoms with Crippen molar-refractivity contribution in [3.8, 4) is 6.07 Å². The van der Waals surface area contributed by atoms with E-state index >= 15 is 0 Å². The van der Waals surface area contributed by atoms with Crippen molar-refractivity contribution >= 4 is 37.5 Å². The summed E-state index contributed by atoms with van der Waals surface area (Å²) in [5, 5.41) is 11.3. The smallest absolute Gasteiger partial charge is 0.310 e. The average molecular weight is 399 g/mol. The van der Waals surface area contributed by atoms with Crippen molar-refractivity contribution in [1.82, 2.24) is 0 Å². The number of anilines is 2. The minimum absolute atomic E-state index is 0.147. The number of nitrogens with zero attached hydrogens (tertiary/aromatic N) is 1. The highest BCUT2D eigenvalue weighted by Gasteiger charge is 2.65. The second kappa shape index (κ2) is 4.60. The molecule has 0 aliphatic rings. The van der Waals surface area contributed by atoms with Gasteiger partial charge in [0.15, 0.2) is 0 Å². The highest BCUT2D eigenvalue weighted by Crippen LogP contribution is 3.02. The number of nitrogens with one attached hydrogen (secondary N) is 1. The van der Waals surface area contributed by atoms with Gasteiger partial charge >= 0.3 is 10.2 Å². The number of hydrogen-bond acceptors (Lipinski definition) is 2. The van der Waals surface area contributed by atoms with Crippen LogP contribution in [0.1, 0.15) is 5.56 Å². The minimum atomic E-state index is -9.85. The molecule has 2 nitrogen and oxygen atoms in total. The van der Waals surface area contributed by atoms with Crippen LogP contribution in [0.4, 0.5) is 30.8 Å². The van der Waals surface area contributed by atoms with Gasteiger partial charge in [-0.05, 0) is 42.5 Å². The largest absolute Gasteiger partial charge is 0.355 e. The van der Waals surface area contributed by atoms with Crippen LogP contribution >= 0.6 is 26.2 Å². The zero-order valence-corrected chi connectivity index (χ0v) is 13.1. The fourth-order valence-corrected chi connectivity index (χ4v) is 2.62. The zero-order chi connectivity index (χ0) is 16.7. The van der Waals surface area contributed by atoms with Crippen LogP contribution in [-0.4, -0.2) is 0 Å². The third-order valence-electron chi connectivity index (χ3n) is 2.61. The third kappa shape index (κ3) is 4.11. The van der Waals surface area contributed by atoms with E-state index in [-0.39, 0.29) is 11.8 Å². The second-order valence-electron chi connectivity index (χ2n) is 4.46. The van der Waals surface area contributed by atoms with Gasteiger partial charge in [-0.25, -0.2) is 0 Å². The normalized spacial score (nSPS) is 14.6. The first-order valence-corrected chi connectivity index (χ1v) is 8.44. The first kappa shape index (κ1) is 16.6. The Labute approximate surface area is 131 Å². The summed E-state index contributed by atoms with van der Waals surface area (Å²) in [6, 6.07) is 9.30. The molecule has 0 aliphatic heterocycles. The highest BCUT2D eigenvalue weighted by molar-refractivity contribution is 9.10. The van der Waals surface area contributed by atoms with E-state index < -0.39 is 20.7 Å². The van der Waals surface area contributed by atoms with Crippen molar-refractivity contribution in [2.24, 2.45) is 0 Å². The van der Waals surface area contributed by atoms with E-state index in [4.69, 9.17) is 5.26 Å². The number of rotatable bonds is 3. The molecule has 2 aromatic rings. The van der Waals surface area contributed by atoms with Crippen molar-refractivity contribution in [2.45, 2.75) is 4.90 Å². The topological polar surface area (TPSA) is 35.8 Å². The van der Waals surface area contributed by atoms with Crippen molar-refractivity contribution in [1.29, 1.82) is 5.26 Å². The first-order valence-electron chi connectivity index (χ1n) is 5.69. The van der Waals surface area contributed by atoms with Crippen LogP contribution in [0.3, 0.4) is 0 Å². The van der Waals surface area contributed by atoms with Crippen LogP contribution in [0.25, 0.3) is 0 Å². The molecule has 0 atom stereocenters. The molecule has 118 valence electrons. The van der Waals surface area contributed by atoms with Gasteiger partial charge in [0.2, 0.25) is 0 Å². The molecule has 0 spiro atoms. The Hall–Kier alpha value is -1.79. The number of hydrogen-bond donors (Lipinski definition) is 1. The lowest BCUT2D eigenvalue weighted by Crippen LogP contribution is -2.07. The van der Waals surface area contributed by atoms with E-state index in [9.17, 15) is 19.4 Å². The maximum Gasteiger partial charge on any atom is 0.310 e. The fourth-order valence-electron chi connectivity index (χ4n) is 1.66. The van der Waals surface area contributed by atoms with Crippen molar-refractivity contribution in [2.75, 3.05) is 5.32 Å². The summed E-state index contributed by atoms with van der Waals surface area (Å²) < 4.78 is 65.2. The molecule has 22 heavy (non-hydrogen) atoms. The monoisotopic (exact) mass is 398 g/mol. The second-order valence-corrected chi connectivity index (χ2v) is 7.78. The Morgan fingerprint density at radius 2 is 1.50 bits per heavy atom. The lowest BCUT2D eigenvalue weighted by molar-refractivity contribution is 0.364. The SMILES string of the molecule is N#Cc1cc(Nc2ccc(Br)cc2)cc(S(F)(F)(F)(F)F)c1. The quantitative estimate of drug-likeness (QED) is 0.582. The van der Waals surface area contributed by atoms with Crippen LogP contribution in [0.15, 0.2) is 51.8 Å². The van der Waals surface area contributed by atoms with Crippen LogP contribution in [-0.2, 0) is 0 Å². The van der Waals surface area contributed by atoms with Crippen LogP contribution in [0.5, 0.6) is 0 Å². The van der Waals surface area contributed by atoms with Gasteiger partial charge in [0.1, 0.15) is 4.90 Å². The summed E-state index contributed by atoms with van der Waals surface area (Å²) in [5.74, 6) is 0. The van der Waals surface area contributed by atoms with E-state index in [2.05, 4.69) is 21.2 Å². The third-order valence-corrected chi connectivity index (χ3v) is 4.27. The van der Waals surface area contributed by atoms with Gasteiger partial charge in [-0.1, -0.05) is 35.4 Å². The molecule has 0 heterocycles. The van der Waals surface area contributed by atoms with E-state index in [0.29, 0.717) is 11.8 Å².